The Morgan fingerprint density at radius 1 is 1.39 bits per heavy atom. The number of nitro groups is 1. The number of carbonyl (C=O) groups excluding carboxylic acids is 1. The monoisotopic (exact) mass is 266 g/mol. The lowest BCUT2D eigenvalue weighted by atomic mass is 10.3. The second kappa shape index (κ2) is 4.84. The molecule has 0 spiro atoms. The fourth-order valence-corrected chi connectivity index (χ4v) is 1.54. The van der Waals surface area contributed by atoms with Gasteiger partial charge in [-0.2, -0.15) is 0 Å². The first-order valence-corrected chi connectivity index (χ1v) is 5.22. The van der Waals surface area contributed by atoms with Crippen LogP contribution in [0.4, 0.5) is 11.5 Å². The van der Waals surface area contributed by atoms with Crippen LogP contribution in [0.5, 0.6) is 0 Å². The molecule has 8 heteroatoms. The molecule has 0 saturated carbocycles. The van der Waals surface area contributed by atoms with E-state index in [2.05, 4.69) is 15.5 Å². The molecule has 0 fully saturated rings. The predicted molar refractivity (Wildman–Crippen MR) is 64.6 cm³/mol. The summed E-state index contributed by atoms with van der Waals surface area (Å²) in [6.45, 7) is 0. The summed E-state index contributed by atoms with van der Waals surface area (Å²) >= 11 is 5.68. The Hall–Kier alpha value is -2.41. The lowest BCUT2D eigenvalue weighted by Gasteiger charge is -2.01. The maximum atomic E-state index is 11.8. The molecule has 0 atom stereocenters. The number of amides is 1. The van der Waals surface area contributed by atoms with Crippen LogP contribution in [0.15, 0.2) is 30.3 Å². The van der Waals surface area contributed by atoms with E-state index in [1.807, 2.05) is 0 Å². The molecule has 0 saturated heterocycles. The van der Waals surface area contributed by atoms with Gasteiger partial charge in [-0.15, -0.1) is 5.10 Å². The van der Waals surface area contributed by atoms with Gasteiger partial charge in [0.2, 0.25) is 0 Å². The van der Waals surface area contributed by atoms with Crippen LogP contribution in [-0.4, -0.2) is 21.0 Å². The second-order valence-electron chi connectivity index (χ2n) is 3.31. The SMILES string of the molecule is O=C(Nc1ccccc1)c1n[nH]c([N+](=O)[O-])c1Cl. The fraction of sp³-hybridized carbons (Fsp3) is 0. The molecule has 92 valence electrons. The first-order valence-electron chi connectivity index (χ1n) is 4.84. The Balaban J connectivity index is 2.22. The molecule has 0 bridgehead atoms. The zero-order chi connectivity index (χ0) is 13.1. The van der Waals surface area contributed by atoms with E-state index in [4.69, 9.17) is 11.6 Å². The van der Waals surface area contributed by atoms with Crippen molar-refractivity contribution in [3.63, 3.8) is 0 Å². The number of para-hydroxylation sites is 1. The molecule has 1 amide bonds. The summed E-state index contributed by atoms with van der Waals surface area (Å²) in [4.78, 5) is 21.6. The molecule has 0 radical (unpaired) electrons. The summed E-state index contributed by atoms with van der Waals surface area (Å²) in [7, 11) is 0. The van der Waals surface area contributed by atoms with Crippen molar-refractivity contribution in [2.24, 2.45) is 0 Å². The predicted octanol–water partition coefficient (Wildman–Crippen LogP) is 2.22. The van der Waals surface area contributed by atoms with Crippen molar-refractivity contribution in [3.8, 4) is 0 Å². The molecule has 2 N–H and O–H groups in total. The highest BCUT2D eigenvalue weighted by atomic mass is 35.5. The maximum absolute atomic E-state index is 11.8. The number of aromatic nitrogens is 2. The van der Waals surface area contributed by atoms with E-state index in [0.717, 1.165) is 0 Å². The third-order valence-corrected chi connectivity index (χ3v) is 2.48. The third-order valence-electron chi connectivity index (χ3n) is 2.12. The molecule has 2 aromatic rings. The molecule has 1 aromatic heterocycles. The summed E-state index contributed by atoms with van der Waals surface area (Å²) in [5.41, 5.74) is 0.330. The first-order chi connectivity index (χ1) is 8.59. The van der Waals surface area contributed by atoms with E-state index in [1.54, 1.807) is 30.3 Å². The number of H-pyrrole nitrogens is 1. The van der Waals surface area contributed by atoms with Crippen LogP contribution < -0.4 is 5.32 Å². The zero-order valence-corrected chi connectivity index (χ0v) is 9.64. The average Bonchev–Trinajstić information content (AvgIpc) is 2.72. The summed E-state index contributed by atoms with van der Waals surface area (Å²) in [6, 6.07) is 8.62. The second-order valence-corrected chi connectivity index (χ2v) is 3.69. The van der Waals surface area contributed by atoms with Crippen molar-refractivity contribution in [1.29, 1.82) is 0 Å². The van der Waals surface area contributed by atoms with Gasteiger partial charge in [0.25, 0.3) is 5.91 Å². The highest BCUT2D eigenvalue weighted by Crippen LogP contribution is 2.25. The number of aromatic amines is 1. The van der Waals surface area contributed by atoms with E-state index in [0.29, 0.717) is 5.69 Å². The van der Waals surface area contributed by atoms with Crippen molar-refractivity contribution < 1.29 is 9.72 Å². The third kappa shape index (κ3) is 2.30. The number of nitrogens with one attached hydrogen (secondary N) is 2. The lowest BCUT2D eigenvalue weighted by molar-refractivity contribution is -0.389. The quantitative estimate of drug-likeness (QED) is 0.657. The summed E-state index contributed by atoms with van der Waals surface area (Å²) < 4.78 is 0. The molecule has 2 rings (SSSR count). The van der Waals surface area contributed by atoms with Gasteiger partial charge in [-0.3, -0.25) is 4.79 Å². The van der Waals surface area contributed by atoms with Gasteiger partial charge in [0.1, 0.15) is 0 Å². The van der Waals surface area contributed by atoms with E-state index < -0.39 is 16.6 Å². The van der Waals surface area contributed by atoms with Crippen molar-refractivity contribution in [1.82, 2.24) is 10.2 Å². The molecule has 1 aromatic carbocycles. The van der Waals surface area contributed by atoms with Gasteiger partial charge in [0, 0.05) is 5.69 Å². The van der Waals surface area contributed by atoms with Gasteiger partial charge in [-0.25, -0.2) is 0 Å². The van der Waals surface area contributed by atoms with Crippen LogP contribution >= 0.6 is 11.6 Å². The minimum atomic E-state index is -0.741. The van der Waals surface area contributed by atoms with Gasteiger partial charge in [-0.05, 0) is 17.1 Å². The molecular formula is C10H7ClN4O3. The van der Waals surface area contributed by atoms with Crippen LogP contribution in [-0.2, 0) is 0 Å². The fourth-order valence-electron chi connectivity index (χ4n) is 1.30. The Morgan fingerprint density at radius 2 is 2.06 bits per heavy atom. The number of carbonyl (C=O) groups is 1. The maximum Gasteiger partial charge on any atom is 0.362 e. The van der Waals surface area contributed by atoms with Crippen LogP contribution in [0.3, 0.4) is 0 Å². The van der Waals surface area contributed by atoms with E-state index in [9.17, 15) is 14.9 Å². The molecule has 0 aliphatic heterocycles. The number of hydrogen-bond acceptors (Lipinski definition) is 4. The normalized spacial score (nSPS) is 10.1. The van der Waals surface area contributed by atoms with E-state index in [1.165, 1.54) is 0 Å². The molecule has 18 heavy (non-hydrogen) atoms. The number of hydrogen-bond donors (Lipinski definition) is 2. The zero-order valence-electron chi connectivity index (χ0n) is 8.88. The van der Waals surface area contributed by atoms with Crippen LogP contribution in [0.25, 0.3) is 0 Å². The van der Waals surface area contributed by atoms with Gasteiger partial charge in [0.05, 0.1) is 0 Å². The van der Waals surface area contributed by atoms with Gasteiger partial charge in [0.15, 0.2) is 10.7 Å². The molecule has 0 unspecified atom stereocenters. The minimum Gasteiger partial charge on any atom is -0.358 e. The van der Waals surface area contributed by atoms with Crippen molar-refractivity contribution in [3.05, 3.63) is 51.2 Å². The highest BCUT2D eigenvalue weighted by Gasteiger charge is 2.25. The summed E-state index contributed by atoms with van der Waals surface area (Å²) in [5.74, 6) is -1.12. The van der Waals surface area contributed by atoms with Crippen molar-refractivity contribution >= 4 is 29.0 Å². The lowest BCUT2D eigenvalue weighted by Crippen LogP contribution is -2.12. The van der Waals surface area contributed by atoms with E-state index >= 15 is 0 Å². The van der Waals surface area contributed by atoms with Crippen LogP contribution in [0.1, 0.15) is 10.5 Å². The Morgan fingerprint density at radius 3 is 2.61 bits per heavy atom. The Labute approximate surface area is 106 Å². The number of nitrogens with zero attached hydrogens (tertiary/aromatic N) is 2. The van der Waals surface area contributed by atoms with Crippen LogP contribution in [0, 0.1) is 10.1 Å². The molecule has 0 aliphatic rings. The largest absolute Gasteiger partial charge is 0.362 e. The Bertz CT molecular complexity index is 596. The summed E-state index contributed by atoms with van der Waals surface area (Å²) in [5, 5.41) is 18.4. The molecular weight excluding hydrogens is 260 g/mol. The molecule has 7 nitrogen and oxygen atoms in total. The number of benzene rings is 1. The summed E-state index contributed by atoms with van der Waals surface area (Å²) in [6.07, 6.45) is 0. The molecule has 1 heterocycles. The topological polar surface area (TPSA) is 101 Å². The smallest absolute Gasteiger partial charge is 0.358 e. The van der Waals surface area contributed by atoms with Gasteiger partial charge in [-0.1, -0.05) is 34.9 Å². The minimum absolute atomic E-state index is 0.216. The van der Waals surface area contributed by atoms with E-state index in [-0.39, 0.29) is 10.7 Å². The average molecular weight is 267 g/mol. The number of anilines is 1. The van der Waals surface area contributed by atoms with Crippen molar-refractivity contribution in [2.45, 2.75) is 0 Å². The van der Waals surface area contributed by atoms with Crippen LogP contribution in [0.2, 0.25) is 5.02 Å². The Kier molecular flexibility index (Phi) is 3.24. The van der Waals surface area contributed by atoms with Gasteiger partial charge < -0.3 is 15.4 Å². The number of rotatable bonds is 3. The highest BCUT2D eigenvalue weighted by molar-refractivity contribution is 6.35. The van der Waals surface area contributed by atoms with Gasteiger partial charge >= 0.3 is 5.82 Å². The number of halogens is 1. The van der Waals surface area contributed by atoms with Crippen molar-refractivity contribution in [2.75, 3.05) is 5.32 Å². The first kappa shape index (κ1) is 12.1. The molecule has 0 aliphatic carbocycles. The standard InChI is InChI=1S/C10H7ClN4O3/c11-7-8(13-14-9(7)15(17)18)10(16)12-6-4-2-1-3-5-6/h1-5H,(H,12,16)(H,13,14).